The summed E-state index contributed by atoms with van der Waals surface area (Å²) in [6.45, 7) is 3.72. The van der Waals surface area contributed by atoms with Crippen molar-refractivity contribution >= 4 is 15.9 Å². The number of hydrogen-bond donors (Lipinski definition) is 1. The molecule has 6 nitrogen and oxygen atoms in total. The third-order valence-electron chi connectivity index (χ3n) is 3.67. The smallest absolute Gasteiger partial charge is 0.240 e. The quantitative estimate of drug-likeness (QED) is 0.785. The number of hydrogen-bond acceptors (Lipinski definition) is 4. The van der Waals surface area contributed by atoms with Crippen molar-refractivity contribution in [3.05, 3.63) is 30.1 Å². The lowest BCUT2D eigenvalue weighted by molar-refractivity contribution is -0.139. The molecule has 128 valence electrons. The Balaban J connectivity index is 1.78. The van der Waals surface area contributed by atoms with Gasteiger partial charge in [0.05, 0.1) is 24.2 Å². The zero-order valence-corrected chi connectivity index (χ0v) is 13.8. The molecule has 0 saturated carbocycles. The highest BCUT2D eigenvalue weighted by Crippen LogP contribution is 2.11. The zero-order valence-electron chi connectivity index (χ0n) is 13.0. The fourth-order valence-corrected chi connectivity index (χ4v) is 3.46. The minimum atomic E-state index is -3.67. The second-order valence-corrected chi connectivity index (χ2v) is 7.23. The molecule has 0 radical (unpaired) electrons. The molecule has 0 aromatic heterocycles. The van der Waals surface area contributed by atoms with Crippen LogP contribution in [0, 0.1) is 5.82 Å². The maximum absolute atomic E-state index is 12.8. The maximum atomic E-state index is 12.8. The molecule has 1 heterocycles. The van der Waals surface area contributed by atoms with Crippen molar-refractivity contribution < 1.29 is 22.3 Å². The van der Waals surface area contributed by atoms with Crippen molar-refractivity contribution in [3.63, 3.8) is 0 Å². The number of nitrogens with zero attached hydrogens (tertiary/aromatic N) is 1. The summed E-state index contributed by atoms with van der Waals surface area (Å²) in [6, 6.07) is 4.65. The highest BCUT2D eigenvalue weighted by Gasteiger charge is 2.23. The molecule has 1 N–H and O–H groups in total. The third kappa shape index (κ3) is 4.98. The minimum absolute atomic E-state index is 0.00165. The van der Waals surface area contributed by atoms with Crippen LogP contribution in [0.3, 0.4) is 0 Å². The first-order valence-corrected chi connectivity index (χ1v) is 9.01. The Morgan fingerprint density at radius 1 is 1.39 bits per heavy atom. The van der Waals surface area contributed by atoms with Crippen LogP contribution >= 0.6 is 0 Å². The van der Waals surface area contributed by atoms with Crippen LogP contribution in [0.4, 0.5) is 4.39 Å². The van der Waals surface area contributed by atoms with Gasteiger partial charge in [0.2, 0.25) is 15.9 Å². The Morgan fingerprint density at radius 3 is 2.74 bits per heavy atom. The van der Waals surface area contributed by atoms with Gasteiger partial charge in [0, 0.05) is 19.5 Å². The van der Waals surface area contributed by atoms with E-state index in [9.17, 15) is 17.6 Å². The number of halogens is 1. The van der Waals surface area contributed by atoms with Crippen LogP contribution in [0.5, 0.6) is 0 Å². The molecule has 0 aliphatic carbocycles. The molecule has 1 unspecified atom stereocenters. The summed E-state index contributed by atoms with van der Waals surface area (Å²) in [4.78, 5) is 13.9. The minimum Gasteiger partial charge on any atom is -0.377 e. The Morgan fingerprint density at radius 2 is 2.09 bits per heavy atom. The summed E-state index contributed by atoms with van der Waals surface area (Å²) in [7, 11) is -3.67. The molecule has 1 aliphatic heterocycles. The molecule has 23 heavy (non-hydrogen) atoms. The summed E-state index contributed by atoms with van der Waals surface area (Å²) in [5.41, 5.74) is 0. The van der Waals surface area contributed by atoms with E-state index in [4.69, 9.17) is 4.74 Å². The van der Waals surface area contributed by atoms with Crippen molar-refractivity contribution in [3.8, 4) is 0 Å². The Kier molecular flexibility index (Phi) is 6.09. The van der Waals surface area contributed by atoms with Crippen LogP contribution in [0.1, 0.15) is 19.8 Å². The normalized spacial score (nSPS) is 18.9. The monoisotopic (exact) mass is 344 g/mol. The van der Waals surface area contributed by atoms with Gasteiger partial charge in [-0.05, 0) is 37.6 Å². The molecule has 1 fully saturated rings. The summed E-state index contributed by atoms with van der Waals surface area (Å²) >= 11 is 0. The van der Waals surface area contributed by atoms with Crippen molar-refractivity contribution in [2.24, 2.45) is 0 Å². The molecule has 0 spiro atoms. The fraction of sp³-hybridized carbons (Fsp3) is 0.533. The second kappa shape index (κ2) is 7.85. The van der Waals surface area contributed by atoms with E-state index in [1.165, 1.54) is 12.1 Å². The fourth-order valence-electron chi connectivity index (χ4n) is 2.38. The molecule has 2 rings (SSSR count). The number of rotatable bonds is 6. The number of morpholine rings is 1. The van der Waals surface area contributed by atoms with E-state index < -0.39 is 15.8 Å². The molecule has 1 aromatic rings. The summed E-state index contributed by atoms with van der Waals surface area (Å²) in [5, 5.41) is 0. The van der Waals surface area contributed by atoms with Gasteiger partial charge in [0.25, 0.3) is 0 Å². The van der Waals surface area contributed by atoms with E-state index in [1.807, 2.05) is 6.92 Å². The van der Waals surface area contributed by atoms with E-state index in [0.29, 0.717) is 26.2 Å². The molecule has 1 aliphatic rings. The van der Waals surface area contributed by atoms with E-state index in [-0.39, 0.29) is 29.8 Å². The first-order chi connectivity index (χ1) is 10.9. The van der Waals surface area contributed by atoms with Gasteiger partial charge in [-0.15, -0.1) is 0 Å². The number of benzene rings is 1. The highest BCUT2D eigenvalue weighted by molar-refractivity contribution is 7.89. The number of amides is 1. The lowest BCUT2D eigenvalue weighted by Gasteiger charge is -2.33. The second-order valence-electron chi connectivity index (χ2n) is 5.47. The maximum Gasteiger partial charge on any atom is 0.240 e. The number of sulfonamides is 1. The Labute approximate surface area is 135 Å². The van der Waals surface area contributed by atoms with Gasteiger partial charge >= 0.3 is 0 Å². The van der Waals surface area contributed by atoms with Crippen LogP contribution in [-0.4, -0.2) is 51.6 Å². The van der Waals surface area contributed by atoms with Gasteiger partial charge in [0.15, 0.2) is 0 Å². The molecule has 8 heteroatoms. The molecule has 0 bridgehead atoms. The molecular weight excluding hydrogens is 323 g/mol. The molecule has 1 atom stereocenters. The van der Waals surface area contributed by atoms with Crippen molar-refractivity contribution in [2.75, 3.05) is 26.3 Å². The van der Waals surface area contributed by atoms with Crippen molar-refractivity contribution in [1.29, 1.82) is 0 Å². The van der Waals surface area contributed by atoms with Gasteiger partial charge in [-0.2, -0.15) is 0 Å². The van der Waals surface area contributed by atoms with E-state index >= 15 is 0 Å². The van der Waals surface area contributed by atoms with Gasteiger partial charge in [-0.3, -0.25) is 4.79 Å². The number of carbonyl (C=O) groups excluding carboxylic acids is 1. The first kappa shape index (κ1) is 17.8. The zero-order chi connectivity index (χ0) is 16.9. The average Bonchev–Trinajstić information content (AvgIpc) is 2.52. The summed E-state index contributed by atoms with van der Waals surface area (Å²) < 4.78 is 44.5. The molecule has 1 aromatic carbocycles. The van der Waals surface area contributed by atoms with Gasteiger partial charge in [-0.1, -0.05) is 0 Å². The van der Waals surface area contributed by atoms with Crippen LogP contribution in [0.2, 0.25) is 0 Å². The predicted molar refractivity (Wildman–Crippen MR) is 82.8 cm³/mol. The molecule has 1 saturated heterocycles. The first-order valence-electron chi connectivity index (χ1n) is 7.52. The average molecular weight is 344 g/mol. The Hall–Kier alpha value is -1.51. The van der Waals surface area contributed by atoms with Crippen molar-refractivity contribution in [1.82, 2.24) is 9.62 Å². The number of carbonyl (C=O) groups is 1. The van der Waals surface area contributed by atoms with Gasteiger partial charge < -0.3 is 9.64 Å². The van der Waals surface area contributed by atoms with Crippen LogP contribution < -0.4 is 4.72 Å². The predicted octanol–water partition coefficient (Wildman–Crippen LogP) is 1.13. The van der Waals surface area contributed by atoms with Crippen LogP contribution in [0.15, 0.2) is 29.2 Å². The topological polar surface area (TPSA) is 75.7 Å². The van der Waals surface area contributed by atoms with Crippen molar-refractivity contribution in [2.45, 2.75) is 30.7 Å². The largest absolute Gasteiger partial charge is 0.377 e. The van der Waals surface area contributed by atoms with Crippen LogP contribution in [0.25, 0.3) is 0 Å². The summed E-state index contributed by atoms with van der Waals surface area (Å²) in [6.07, 6.45) is 0.680. The SMILES string of the molecule is CC1COCCN1C(=O)CCCNS(=O)(=O)c1ccc(F)cc1. The highest BCUT2D eigenvalue weighted by atomic mass is 32.2. The van der Waals surface area contributed by atoms with E-state index in [0.717, 1.165) is 12.1 Å². The van der Waals surface area contributed by atoms with Gasteiger partial charge in [0.1, 0.15) is 5.82 Å². The van der Waals surface area contributed by atoms with E-state index in [1.54, 1.807) is 4.90 Å². The summed E-state index contributed by atoms with van der Waals surface area (Å²) in [5.74, 6) is -0.490. The Bertz CT molecular complexity index is 633. The third-order valence-corrected chi connectivity index (χ3v) is 5.15. The lowest BCUT2D eigenvalue weighted by Crippen LogP contribution is -2.47. The van der Waals surface area contributed by atoms with E-state index in [2.05, 4.69) is 4.72 Å². The van der Waals surface area contributed by atoms with Gasteiger partial charge in [-0.25, -0.2) is 17.5 Å². The lowest BCUT2D eigenvalue weighted by atomic mass is 10.2. The molecule has 1 amide bonds. The number of nitrogens with one attached hydrogen (secondary N) is 1. The number of ether oxygens (including phenoxy) is 1. The van der Waals surface area contributed by atoms with Crippen LogP contribution in [-0.2, 0) is 19.6 Å². The molecular formula is C15H21FN2O4S. The standard InChI is InChI=1S/C15H21FN2O4S/c1-12-11-22-10-9-18(12)15(19)3-2-8-17-23(20,21)14-6-4-13(16)5-7-14/h4-7,12,17H,2-3,8-11H2,1H3.